The highest BCUT2D eigenvalue weighted by Crippen LogP contribution is 2.20. The van der Waals surface area contributed by atoms with Crippen LogP contribution in [0.1, 0.15) is 25.7 Å². The third kappa shape index (κ3) is 5.99. The van der Waals surface area contributed by atoms with Crippen LogP contribution in [-0.4, -0.2) is 61.3 Å². The summed E-state index contributed by atoms with van der Waals surface area (Å²) in [7, 11) is 0. The molecular weight excluding hydrogens is 408 g/mol. The number of carbonyl (C=O) groups excluding carboxylic acids is 2. The smallest absolute Gasteiger partial charge is 0.319 e. The number of nitrogens with one attached hydrogen (secondary N) is 4. The molecule has 4 amide bonds. The van der Waals surface area contributed by atoms with Gasteiger partial charge in [-0.25, -0.2) is 19.6 Å². The number of nitrogens with zero attached hydrogens (tertiary/aromatic N) is 4. The Morgan fingerprint density at radius 3 is 1.44 bits per heavy atom. The van der Waals surface area contributed by atoms with E-state index < -0.39 is 0 Å². The lowest BCUT2D eigenvalue weighted by Crippen LogP contribution is -2.38. The molecule has 2 aromatic heterocycles. The number of anilines is 4. The zero-order chi connectivity index (χ0) is 22.2. The topological polar surface area (TPSA) is 115 Å². The average Bonchev–Trinajstić information content (AvgIpc) is 3.52. The highest BCUT2D eigenvalue weighted by molar-refractivity contribution is 5.90. The Morgan fingerprint density at radius 1 is 0.688 bits per heavy atom. The predicted molar refractivity (Wildman–Crippen MR) is 125 cm³/mol. The Balaban J connectivity index is 1.12. The van der Waals surface area contributed by atoms with Crippen molar-refractivity contribution in [2.24, 2.45) is 0 Å². The second-order valence-corrected chi connectivity index (χ2v) is 7.96. The van der Waals surface area contributed by atoms with Crippen LogP contribution in [0, 0.1) is 0 Å². The van der Waals surface area contributed by atoms with Crippen LogP contribution in [0.2, 0.25) is 0 Å². The maximum atomic E-state index is 12.0. The van der Waals surface area contributed by atoms with Gasteiger partial charge in [0.2, 0.25) is 0 Å². The van der Waals surface area contributed by atoms with Gasteiger partial charge in [0.05, 0.1) is 23.8 Å². The van der Waals surface area contributed by atoms with E-state index in [1.807, 2.05) is 24.3 Å². The van der Waals surface area contributed by atoms with Gasteiger partial charge in [0.1, 0.15) is 11.6 Å². The van der Waals surface area contributed by atoms with Crippen molar-refractivity contribution in [3.63, 3.8) is 0 Å². The fourth-order valence-corrected chi connectivity index (χ4v) is 3.89. The fraction of sp³-hybridized carbons (Fsp3) is 0.455. The van der Waals surface area contributed by atoms with Gasteiger partial charge in [-0.05, 0) is 49.9 Å². The molecule has 2 saturated heterocycles. The number of urea groups is 2. The lowest BCUT2D eigenvalue weighted by Gasteiger charge is -2.16. The number of hydrogen-bond acceptors (Lipinski definition) is 6. The van der Waals surface area contributed by atoms with Crippen molar-refractivity contribution in [1.82, 2.24) is 20.6 Å². The van der Waals surface area contributed by atoms with Crippen molar-refractivity contribution in [1.29, 1.82) is 0 Å². The first-order valence-corrected chi connectivity index (χ1v) is 11.2. The fourth-order valence-electron chi connectivity index (χ4n) is 3.89. The van der Waals surface area contributed by atoms with Gasteiger partial charge >= 0.3 is 12.1 Å². The molecule has 10 nitrogen and oxygen atoms in total. The largest absolute Gasteiger partial charge is 0.357 e. The number of carbonyl (C=O) groups is 2. The summed E-state index contributed by atoms with van der Waals surface area (Å²) in [5.41, 5.74) is 1.25. The molecule has 10 heteroatoms. The van der Waals surface area contributed by atoms with Gasteiger partial charge < -0.3 is 31.1 Å². The van der Waals surface area contributed by atoms with E-state index in [0.29, 0.717) is 24.5 Å². The van der Waals surface area contributed by atoms with Crippen LogP contribution >= 0.6 is 0 Å². The Kier molecular flexibility index (Phi) is 7.21. The summed E-state index contributed by atoms with van der Waals surface area (Å²) >= 11 is 0. The number of rotatable bonds is 7. The summed E-state index contributed by atoms with van der Waals surface area (Å²) in [6.45, 7) is 4.71. The molecule has 2 aliphatic rings. The van der Waals surface area contributed by atoms with Gasteiger partial charge in [0.15, 0.2) is 0 Å². The van der Waals surface area contributed by atoms with Gasteiger partial charge in [-0.15, -0.1) is 0 Å². The summed E-state index contributed by atoms with van der Waals surface area (Å²) in [6.07, 6.45) is 8.08. The van der Waals surface area contributed by atoms with E-state index in [2.05, 4.69) is 41.0 Å². The molecule has 0 spiro atoms. The van der Waals surface area contributed by atoms with E-state index >= 15 is 0 Å². The molecule has 2 aromatic rings. The van der Waals surface area contributed by atoms with Gasteiger partial charge in [0.25, 0.3) is 0 Å². The molecule has 0 saturated carbocycles. The van der Waals surface area contributed by atoms with Gasteiger partial charge in [-0.3, -0.25) is 0 Å². The quantitative estimate of drug-likeness (QED) is 0.494. The standard InChI is InChI=1S/C22H30N8O2/c31-21(27-17-5-7-19(25-15-17)29-11-1-2-12-29)23-9-10-24-22(32)28-18-6-8-20(26-16-18)30-13-3-4-14-30/h5-8,15-16H,1-4,9-14H2,(H2,23,27,31)(H2,24,28,32). The molecule has 4 heterocycles. The normalized spacial score (nSPS) is 15.5. The van der Waals surface area contributed by atoms with Crippen molar-refractivity contribution in [3.8, 4) is 0 Å². The Morgan fingerprint density at radius 2 is 1.09 bits per heavy atom. The molecule has 0 aliphatic carbocycles. The van der Waals surface area contributed by atoms with Crippen molar-refractivity contribution in [2.75, 3.05) is 59.7 Å². The Bertz CT molecular complexity index is 816. The lowest BCUT2D eigenvalue weighted by molar-refractivity contribution is 0.248. The summed E-state index contributed by atoms with van der Waals surface area (Å²) in [5.74, 6) is 1.87. The minimum atomic E-state index is -0.343. The zero-order valence-corrected chi connectivity index (χ0v) is 18.1. The van der Waals surface area contributed by atoms with E-state index in [-0.39, 0.29) is 12.1 Å². The summed E-state index contributed by atoms with van der Waals surface area (Å²) in [6, 6.07) is 6.83. The third-order valence-electron chi connectivity index (χ3n) is 5.57. The van der Waals surface area contributed by atoms with Crippen LogP contribution in [0.25, 0.3) is 0 Å². The lowest BCUT2D eigenvalue weighted by atomic mass is 10.4. The van der Waals surface area contributed by atoms with E-state index in [1.54, 1.807) is 12.4 Å². The first kappa shape index (κ1) is 21.7. The van der Waals surface area contributed by atoms with Crippen LogP contribution in [0.4, 0.5) is 32.6 Å². The molecule has 0 radical (unpaired) electrons. The second-order valence-electron chi connectivity index (χ2n) is 7.96. The minimum absolute atomic E-state index is 0.296. The molecule has 32 heavy (non-hydrogen) atoms. The Labute approximate surface area is 187 Å². The monoisotopic (exact) mass is 438 g/mol. The molecule has 170 valence electrons. The first-order chi connectivity index (χ1) is 15.7. The molecule has 0 unspecified atom stereocenters. The van der Waals surface area contributed by atoms with Gasteiger partial charge in [-0.2, -0.15) is 0 Å². The number of aromatic nitrogens is 2. The minimum Gasteiger partial charge on any atom is -0.357 e. The maximum Gasteiger partial charge on any atom is 0.319 e. The van der Waals surface area contributed by atoms with E-state index in [4.69, 9.17) is 0 Å². The molecule has 2 aliphatic heterocycles. The van der Waals surface area contributed by atoms with E-state index in [1.165, 1.54) is 25.7 Å². The third-order valence-corrected chi connectivity index (χ3v) is 5.57. The second kappa shape index (κ2) is 10.7. The van der Waals surface area contributed by atoms with Crippen LogP contribution in [0.3, 0.4) is 0 Å². The van der Waals surface area contributed by atoms with Crippen LogP contribution in [0.15, 0.2) is 36.7 Å². The highest BCUT2D eigenvalue weighted by Gasteiger charge is 2.14. The van der Waals surface area contributed by atoms with Crippen molar-refractivity contribution < 1.29 is 9.59 Å². The molecule has 4 rings (SSSR count). The molecule has 0 bridgehead atoms. The van der Waals surface area contributed by atoms with E-state index in [0.717, 1.165) is 37.8 Å². The molecular formula is C22H30N8O2. The maximum absolute atomic E-state index is 12.0. The number of hydrogen-bond donors (Lipinski definition) is 4. The molecule has 0 atom stereocenters. The summed E-state index contributed by atoms with van der Waals surface area (Å²) < 4.78 is 0. The van der Waals surface area contributed by atoms with Crippen molar-refractivity contribution in [2.45, 2.75) is 25.7 Å². The summed E-state index contributed by atoms with van der Waals surface area (Å²) in [4.78, 5) is 37.4. The zero-order valence-electron chi connectivity index (χ0n) is 18.1. The summed E-state index contributed by atoms with van der Waals surface area (Å²) in [5, 5.41) is 10.9. The number of pyridine rings is 2. The molecule has 0 aromatic carbocycles. The Hall–Kier alpha value is -3.56. The first-order valence-electron chi connectivity index (χ1n) is 11.2. The van der Waals surface area contributed by atoms with Crippen molar-refractivity contribution in [3.05, 3.63) is 36.7 Å². The van der Waals surface area contributed by atoms with E-state index in [9.17, 15) is 9.59 Å². The van der Waals surface area contributed by atoms with Crippen LogP contribution in [-0.2, 0) is 0 Å². The molecule has 2 fully saturated rings. The average molecular weight is 439 g/mol. The van der Waals surface area contributed by atoms with Crippen LogP contribution in [0.5, 0.6) is 0 Å². The number of amides is 4. The molecule has 4 N–H and O–H groups in total. The SMILES string of the molecule is O=C(NCCNC(=O)Nc1ccc(N2CCCC2)nc1)Nc1ccc(N2CCCC2)nc1. The highest BCUT2D eigenvalue weighted by atomic mass is 16.2. The van der Waals surface area contributed by atoms with Gasteiger partial charge in [-0.1, -0.05) is 0 Å². The van der Waals surface area contributed by atoms with Crippen LogP contribution < -0.4 is 31.1 Å². The predicted octanol–water partition coefficient (Wildman–Crippen LogP) is 2.62. The van der Waals surface area contributed by atoms with Gasteiger partial charge in [0, 0.05) is 39.3 Å². The van der Waals surface area contributed by atoms with Crippen molar-refractivity contribution >= 4 is 35.1 Å².